The molecule has 0 bridgehead atoms. The van der Waals surface area contributed by atoms with Crippen molar-refractivity contribution in [2.45, 2.75) is 52.7 Å². The SMILES string of the molecule is CCC(CC)ON1c2cc(C)[nH]c2C(c2c(NC)cc(NC)cc2NC)=CC1C. The van der Waals surface area contributed by atoms with E-state index >= 15 is 0 Å². The van der Waals surface area contributed by atoms with Crippen LogP contribution in [0.15, 0.2) is 24.3 Å². The van der Waals surface area contributed by atoms with Crippen molar-refractivity contribution in [2.24, 2.45) is 0 Å². The molecule has 1 aromatic carbocycles. The quantitative estimate of drug-likeness (QED) is 0.493. The summed E-state index contributed by atoms with van der Waals surface area (Å²) in [4.78, 5) is 9.98. The zero-order valence-electron chi connectivity index (χ0n) is 18.7. The predicted molar refractivity (Wildman–Crippen MR) is 125 cm³/mol. The molecule has 0 saturated carbocycles. The Morgan fingerprint density at radius 1 is 1.03 bits per heavy atom. The highest BCUT2D eigenvalue weighted by Crippen LogP contribution is 2.44. The van der Waals surface area contributed by atoms with E-state index in [1.54, 1.807) is 0 Å². The Labute approximate surface area is 174 Å². The number of hydrogen-bond acceptors (Lipinski definition) is 5. The summed E-state index contributed by atoms with van der Waals surface area (Å²) in [5.74, 6) is 0. The van der Waals surface area contributed by atoms with Crippen LogP contribution in [0, 0.1) is 6.92 Å². The molecule has 0 aliphatic carbocycles. The molecule has 29 heavy (non-hydrogen) atoms. The second-order valence-electron chi connectivity index (χ2n) is 7.60. The lowest BCUT2D eigenvalue weighted by molar-refractivity contribution is 0.0202. The van der Waals surface area contributed by atoms with Crippen molar-refractivity contribution in [2.75, 3.05) is 42.2 Å². The number of nitrogens with one attached hydrogen (secondary N) is 4. The third-order valence-corrected chi connectivity index (χ3v) is 5.62. The van der Waals surface area contributed by atoms with Crippen LogP contribution >= 0.6 is 0 Å². The summed E-state index contributed by atoms with van der Waals surface area (Å²) in [6.45, 7) is 8.63. The van der Waals surface area contributed by atoms with Crippen molar-refractivity contribution < 1.29 is 4.84 Å². The van der Waals surface area contributed by atoms with Gasteiger partial charge < -0.3 is 20.9 Å². The van der Waals surface area contributed by atoms with Crippen molar-refractivity contribution in [1.29, 1.82) is 0 Å². The Hall–Kier alpha value is -2.60. The summed E-state index contributed by atoms with van der Waals surface area (Å²) in [5.41, 5.74) is 8.87. The van der Waals surface area contributed by atoms with E-state index in [4.69, 9.17) is 4.84 Å². The van der Waals surface area contributed by atoms with Crippen LogP contribution in [-0.4, -0.2) is 38.3 Å². The van der Waals surface area contributed by atoms with E-state index < -0.39 is 0 Å². The van der Waals surface area contributed by atoms with Crippen LogP contribution < -0.4 is 21.0 Å². The van der Waals surface area contributed by atoms with Gasteiger partial charge in [-0.25, -0.2) is 5.06 Å². The van der Waals surface area contributed by atoms with Gasteiger partial charge in [0.2, 0.25) is 0 Å². The molecule has 6 nitrogen and oxygen atoms in total. The highest BCUT2D eigenvalue weighted by molar-refractivity contribution is 5.97. The van der Waals surface area contributed by atoms with Gasteiger partial charge in [0, 0.05) is 55.0 Å². The number of aromatic nitrogens is 1. The molecule has 1 atom stereocenters. The number of H-pyrrole nitrogens is 1. The number of benzene rings is 1. The molecule has 0 amide bonds. The number of rotatable bonds is 8. The third-order valence-electron chi connectivity index (χ3n) is 5.62. The first kappa shape index (κ1) is 21.1. The largest absolute Gasteiger partial charge is 0.388 e. The molecule has 4 N–H and O–H groups in total. The molecule has 1 aromatic heterocycles. The fourth-order valence-corrected chi connectivity index (χ4v) is 4.00. The van der Waals surface area contributed by atoms with E-state index in [0.717, 1.165) is 52.5 Å². The van der Waals surface area contributed by atoms with Gasteiger partial charge in [-0.3, -0.25) is 4.84 Å². The zero-order valence-corrected chi connectivity index (χ0v) is 18.7. The van der Waals surface area contributed by atoms with Crippen LogP contribution in [0.2, 0.25) is 0 Å². The van der Waals surface area contributed by atoms with Crippen LogP contribution in [0.5, 0.6) is 0 Å². The van der Waals surface area contributed by atoms with Gasteiger partial charge in [0.05, 0.1) is 23.5 Å². The minimum Gasteiger partial charge on any atom is -0.388 e. The first-order valence-corrected chi connectivity index (χ1v) is 10.6. The molecular formula is C23H35N5O. The highest BCUT2D eigenvalue weighted by atomic mass is 16.7. The number of aromatic amines is 1. The van der Waals surface area contributed by atoms with Crippen LogP contribution in [0.25, 0.3) is 5.57 Å². The molecule has 1 aliphatic heterocycles. The molecule has 2 aromatic rings. The van der Waals surface area contributed by atoms with Gasteiger partial charge in [-0.2, -0.15) is 0 Å². The van der Waals surface area contributed by atoms with Crippen molar-refractivity contribution in [3.8, 4) is 0 Å². The molecule has 6 heteroatoms. The van der Waals surface area contributed by atoms with Crippen molar-refractivity contribution in [1.82, 2.24) is 4.98 Å². The standard InChI is InChI=1S/C23H35N5O/c1-8-17(9-2)29-28-15(4)11-18(23-21(28)10-14(3)27-23)22-19(25-6)12-16(24-5)13-20(22)26-7/h10-13,15,17,24-27H,8-9H2,1-7H3. The van der Waals surface area contributed by atoms with E-state index in [1.807, 2.05) is 21.1 Å². The minimum atomic E-state index is 0.117. The molecule has 0 spiro atoms. The van der Waals surface area contributed by atoms with Crippen LogP contribution in [0.3, 0.4) is 0 Å². The third kappa shape index (κ3) is 3.94. The Morgan fingerprint density at radius 3 is 2.17 bits per heavy atom. The van der Waals surface area contributed by atoms with E-state index in [0.29, 0.717) is 0 Å². The fraction of sp³-hybridized carbons (Fsp3) is 0.478. The summed E-state index contributed by atoms with van der Waals surface area (Å²) in [6, 6.07) is 6.59. The van der Waals surface area contributed by atoms with E-state index in [1.165, 1.54) is 5.57 Å². The zero-order chi connectivity index (χ0) is 21.1. The monoisotopic (exact) mass is 397 g/mol. The number of hydrogen-bond donors (Lipinski definition) is 4. The molecule has 0 fully saturated rings. The van der Waals surface area contributed by atoms with Gasteiger partial charge in [0.25, 0.3) is 0 Å². The Morgan fingerprint density at radius 2 is 1.66 bits per heavy atom. The summed E-state index contributed by atoms with van der Waals surface area (Å²) < 4.78 is 0. The van der Waals surface area contributed by atoms with Crippen molar-refractivity contribution in [3.05, 3.63) is 41.2 Å². The average molecular weight is 398 g/mol. The van der Waals surface area contributed by atoms with Gasteiger partial charge >= 0.3 is 0 Å². The van der Waals surface area contributed by atoms with E-state index in [2.05, 4.69) is 78.0 Å². The second kappa shape index (κ2) is 8.82. The lowest BCUT2D eigenvalue weighted by Gasteiger charge is -2.36. The van der Waals surface area contributed by atoms with Gasteiger partial charge in [-0.15, -0.1) is 0 Å². The van der Waals surface area contributed by atoms with Gasteiger partial charge in [-0.05, 0) is 51.0 Å². The first-order valence-electron chi connectivity index (χ1n) is 10.6. The summed E-state index contributed by atoms with van der Waals surface area (Å²) >= 11 is 0. The van der Waals surface area contributed by atoms with Gasteiger partial charge in [0.15, 0.2) is 0 Å². The van der Waals surface area contributed by atoms with Crippen LogP contribution in [-0.2, 0) is 4.84 Å². The molecule has 1 unspecified atom stereocenters. The molecule has 0 saturated heterocycles. The smallest absolute Gasteiger partial charge is 0.0901 e. The lowest BCUT2D eigenvalue weighted by atomic mass is 9.93. The number of fused-ring (bicyclic) bond motifs is 1. The summed E-state index contributed by atoms with van der Waals surface area (Å²) in [7, 11) is 5.87. The topological polar surface area (TPSA) is 64.3 Å². The number of anilines is 4. The van der Waals surface area contributed by atoms with Crippen LogP contribution in [0.4, 0.5) is 22.7 Å². The number of nitrogens with zero attached hydrogens (tertiary/aromatic N) is 1. The maximum absolute atomic E-state index is 6.40. The Balaban J connectivity index is 2.15. The Kier molecular flexibility index (Phi) is 6.42. The van der Waals surface area contributed by atoms with Crippen LogP contribution in [0.1, 0.15) is 50.6 Å². The minimum absolute atomic E-state index is 0.117. The maximum Gasteiger partial charge on any atom is 0.0901 e. The molecule has 0 radical (unpaired) electrons. The van der Waals surface area contributed by atoms with Crippen molar-refractivity contribution >= 4 is 28.3 Å². The Bertz CT molecular complexity index is 856. The number of hydroxylamine groups is 1. The molecule has 158 valence electrons. The molecule has 2 heterocycles. The van der Waals surface area contributed by atoms with Crippen molar-refractivity contribution in [3.63, 3.8) is 0 Å². The highest BCUT2D eigenvalue weighted by Gasteiger charge is 2.31. The summed E-state index contributed by atoms with van der Waals surface area (Å²) in [5, 5.41) is 12.1. The molecular weight excluding hydrogens is 362 g/mol. The summed E-state index contributed by atoms with van der Waals surface area (Å²) in [6.07, 6.45) is 4.49. The number of aryl methyl sites for hydroxylation is 1. The molecule has 3 rings (SSSR count). The predicted octanol–water partition coefficient (Wildman–Crippen LogP) is 5.21. The first-order chi connectivity index (χ1) is 14.0. The lowest BCUT2D eigenvalue weighted by Crippen LogP contribution is -2.38. The van der Waals surface area contributed by atoms with Gasteiger partial charge in [-0.1, -0.05) is 13.8 Å². The van der Waals surface area contributed by atoms with Gasteiger partial charge in [0.1, 0.15) is 0 Å². The van der Waals surface area contributed by atoms with E-state index in [9.17, 15) is 0 Å². The maximum atomic E-state index is 6.40. The fourth-order valence-electron chi connectivity index (χ4n) is 4.00. The average Bonchev–Trinajstić information content (AvgIpc) is 3.13. The van der Waals surface area contributed by atoms with E-state index in [-0.39, 0.29) is 12.1 Å². The second-order valence-corrected chi connectivity index (χ2v) is 7.60. The molecule has 1 aliphatic rings. The normalized spacial score (nSPS) is 15.9.